The smallest absolute Gasteiger partial charge is 0.236 e. The molecule has 106 valence electrons. The normalized spacial score (nSPS) is 10.5. The average molecular weight is 257 g/mol. The highest BCUT2D eigenvalue weighted by Crippen LogP contribution is 1.95. The van der Waals surface area contributed by atoms with E-state index in [0.29, 0.717) is 25.6 Å². The Bertz CT molecular complexity index is 251. The summed E-state index contributed by atoms with van der Waals surface area (Å²) < 4.78 is 0. The number of rotatable bonds is 9. The van der Waals surface area contributed by atoms with E-state index in [2.05, 4.69) is 24.5 Å². The Morgan fingerprint density at radius 3 is 2.22 bits per heavy atom. The van der Waals surface area contributed by atoms with E-state index in [1.807, 2.05) is 13.8 Å². The van der Waals surface area contributed by atoms with Crippen molar-refractivity contribution in [2.24, 2.45) is 5.92 Å². The van der Waals surface area contributed by atoms with E-state index in [-0.39, 0.29) is 24.9 Å². The zero-order valence-electron chi connectivity index (χ0n) is 12.1. The molecule has 0 aliphatic heterocycles. The molecule has 2 amide bonds. The molecule has 0 saturated heterocycles. The van der Waals surface area contributed by atoms with Crippen LogP contribution < -0.4 is 10.6 Å². The summed E-state index contributed by atoms with van der Waals surface area (Å²) in [7, 11) is 0. The van der Waals surface area contributed by atoms with Gasteiger partial charge in [-0.2, -0.15) is 0 Å². The Morgan fingerprint density at radius 1 is 1.11 bits per heavy atom. The van der Waals surface area contributed by atoms with Crippen molar-refractivity contribution < 1.29 is 9.59 Å². The second kappa shape index (κ2) is 9.88. The Kier molecular flexibility index (Phi) is 9.28. The zero-order valence-corrected chi connectivity index (χ0v) is 12.1. The van der Waals surface area contributed by atoms with Crippen LogP contribution in [0.5, 0.6) is 0 Å². The fourth-order valence-electron chi connectivity index (χ4n) is 1.53. The lowest BCUT2D eigenvalue weighted by molar-refractivity contribution is -0.129. The van der Waals surface area contributed by atoms with Gasteiger partial charge in [-0.1, -0.05) is 13.8 Å². The number of hydrogen-bond acceptors (Lipinski definition) is 3. The van der Waals surface area contributed by atoms with Gasteiger partial charge in [-0.25, -0.2) is 0 Å². The lowest BCUT2D eigenvalue weighted by Crippen LogP contribution is -2.41. The van der Waals surface area contributed by atoms with E-state index < -0.39 is 0 Å². The molecule has 5 heteroatoms. The highest BCUT2D eigenvalue weighted by molar-refractivity contribution is 5.81. The van der Waals surface area contributed by atoms with Crippen LogP contribution in [-0.4, -0.2) is 49.4 Å². The molecule has 2 N–H and O–H groups in total. The molecule has 0 aliphatic rings. The first kappa shape index (κ1) is 16.9. The lowest BCUT2D eigenvalue weighted by Gasteiger charge is -2.18. The molecule has 0 aromatic carbocycles. The Hall–Kier alpha value is -1.10. The third kappa shape index (κ3) is 8.06. The van der Waals surface area contributed by atoms with E-state index in [1.54, 1.807) is 4.90 Å². The summed E-state index contributed by atoms with van der Waals surface area (Å²) in [6.45, 7) is 10.7. The van der Waals surface area contributed by atoms with Crippen LogP contribution in [-0.2, 0) is 9.59 Å². The molecule has 0 atom stereocenters. The van der Waals surface area contributed by atoms with Gasteiger partial charge in [0.1, 0.15) is 0 Å². The Morgan fingerprint density at radius 2 is 1.72 bits per heavy atom. The van der Waals surface area contributed by atoms with Gasteiger partial charge >= 0.3 is 0 Å². The van der Waals surface area contributed by atoms with Crippen LogP contribution in [0.4, 0.5) is 0 Å². The molecule has 18 heavy (non-hydrogen) atoms. The maximum atomic E-state index is 11.6. The topological polar surface area (TPSA) is 61.4 Å². The summed E-state index contributed by atoms with van der Waals surface area (Å²) in [6, 6.07) is 0. The van der Waals surface area contributed by atoms with Gasteiger partial charge in [0, 0.05) is 19.6 Å². The second-order valence-corrected chi connectivity index (χ2v) is 4.70. The minimum Gasteiger partial charge on any atom is -0.355 e. The van der Waals surface area contributed by atoms with E-state index >= 15 is 0 Å². The number of nitrogens with zero attached hydrogens (tertiary/aromatic N) is 1. The molecule has 0 heterocycles. The molecule has 0 rings (SSSR count). The minimum atomic E-state index is -0.0528. The molecule has 5 nitrogen and oxygen atoms in total. The van der Waals surface area contributed by atoms with Gasteiger partial charge in [0.25, 0.3) is 0 Å². The SMILES string of the molecule is CCN(CC)C(=O)CNCC(=O)NCCC(C)C. The molecular weight excluding hydrogens is 230 g/mol. The minimum absolute atomic E-state index is 0.0370. The van der Waals surface area contributed by atoms with Crippen LogP contribution in [0.2, 0.25) is 0 Å². The predicted octanol–water partition coefficient (Wildman–Crippen LogP) is 0.607. The first-order valence-electron chi connectivity index (χ1n) is 6.76. The molecule has 0 bridgehead atoms. The first-order chi connectivity index (χ1) is 8.51. The summed E-state index contributed by atoms with van der Waals surface area (Å²) in [5.41, 5.74) is 0. The van der Waals surface area contributed by atoms with Crippen LogP contribution in [0, 0.1) is 5.92 Å². The largest absolute Gasteiger partial charge is 0.355 e. The highest BCUT2D eigenvalue weighted by atomic mass is 16.2. The molecule has 0 fully saturated rings. The van der Waals surface area contributed by atoms with E-state index in [1.165, 1.54) is 0 Å². The third-order valence-corrected chi connectivity index (χ3v) is 2.72. The fourth-order valence-corrected chi connectivity index (χ4v) is 1.53. The molecule has 0 spiro atoms. The van der Waals surface area contributed by atoms with Crippen LogP contribution in [0.15, 0.2) is 0 Å². The summed E-state index contributed by atoms with van der Waals surface area (Å²) in [5.74, 6) is 0.570. The standard InChI is InChI=1S/C13H27N3O2/c1-5-16(6-2)13(18)10-14-9-12(17)15-8-7-11(3)4/h11,14H,5-10H2,1-4H3,(H,15,17). The van der Waals surface area contributed by atoms with Crippen molar-refractivity contribution in [3.63, 3.8) is 0 Å². The van der Waals surface area contributed by atoms with Gasteiger partial charge in [0.15, 0.2) is 0 Å². The molecule has 0 saturated carbocycles. The number of carbonyl (C=O) groups is 2. The van der Waals surface area contributed by atoms with Crippen molar-refractivity contribution in [1.82, 2.24) is 15.5 Å². The van der Waals surface area contributed by atoms with E-state index in [9.17, 15) is 9.59 Å². The summed E-state index contributed by atoms with van der Waals surface area (Å²) >= 11 is 0. The number of likely N-dealkylation sites (N-methyl/N-ethyl adjacent to an activating group) is 1. The maximum absolute atomic E-state index is 11.6. The van der Waals surface area contributed by atoms with Crippen molar-refractivity contribution in [3.05, 3.63) is 0 Å². The van der Waals surface area contributed by atoms with Gasteiger partial charge in [-0.3, -0.25) is 14.9 Å². The van der Waals surface area contributed by atoms with Gasteiger partial charge in [0.2, 0.25) is 11.8 Å². The maximum Gasteiger partial charge on any atom is 0.236 e. The molecule has 0 aromatic rings. The zero-order chi connectivity index (χ0) is 14.0. The van der Waals surface area contributed by atoms with Gasteiger partial charge in [-0.05, 0) is 26.2 Å². The van der Waals surface area contributed by atoms with Crippen molar-refractivity contribution in [3.8, 4) is 0 Å². The predicted molar refractivity (Wildman–Crippen MR) is 73.3 cm³/mol. The number of carbonyl (C=O) groups excluding carboxylic acids is 2. The van der Waals surface area contributed by atoms with E-state index in [4.69, 9.17) is 0 Å². The lowest BCUT2D eigenvalue weighted by atomic mass is 10.1. The summed E-state index contributed by atoms with van der Waals surface area (Å²) in [4.78, 5) is 24.8. The van der Waals surface area contributed by atoms with Crippen LogP contribution >= 0.6 is 0 Å². The molecular formula is C13H27N3O2. The first-order valence-corrected chi connectivity index (χ1v) is 6.76. The van der Waals surface area contributed by atoms with Gasteiger partial charge < -0.3 is 10.2 Å². The van der Waals surface area contributed by atoms with Crippen molar-refractivity contribution in [2.75, 3.05) is 32.7 Å². The van der Waals surface area contributed by atoms with Gasteiger partial charge in [-0.15, -0.1) is 0 Å². The molecule has 0 radical (unpaired) electrons. The van der Waals surface area contributed by atoms with Crippen molar-refractivity contribution >= 4 is 11.8 Å². The van der Waals surface area contributed by atoms with Crippen LogP contribution in [0.1, 0.15) is 34.1 Å². The Balaban J connectivity index is 3.64. The quantitative estimate of drug-likeness (QED) is 0.636. The molecule has 0 unspecified atom stereocenters. The second-order valence-electron chi connectivity index (χ2n) is 4.70. The van der Waals surface area contributed by atoms with E-state index in [0.717, 1.165) is 6.42 Å². The molecule has 0 aliphatic carbocycles. The third-order valence-electron chi connectivity index (χ3n) is 2.72. The monoisotopic (exact) mass is 257 g/mol. The Labute approximate surface area is 110 Å². The van der Waals surface area contributed by atoms with Crippen molar-refractivity contribution in [2.45, 2.75) is 34.1 Å². The summed E-state index contributed by atoms with van der Waals surface area (Å²) in [5, 5.41) is 5.69. The fraction of sp³-hybridized carbons (Fsp3) is 0.846. The molecule has 0 aromatic heterocycles. The summed E-state index contributed by atoms with van der Waals surface area (Å²) in [6.07, 6.45) is 0.976. The highest BCUT2D eigenvalue weighted by Gasteiger charge is 2.09. The van der Waals surface area contributed by atoms with Crippen molar-refractivity contribution in [1.29, 1.82) is 0 Å². The van der Waals surface area contributed by atoms with Crippen LogP contribution in [0.25, 0.3) is 0 Å². The number of hydrogen-bond donors (Lipinski definition) is 2. The average Bonchev–Trinajstić information content (AvgIpc) is 2.30. The number of amides is 2. The van der Waals surface area contributed by atoms with Gasteiger partial charge in [0.05, 0.1) is 13.1 Å². The van der Waals surface area contributed by atoms with Crippen LogP contribution in [0.3, 0.4) is 0 Å². The number of nitrogens with one attached hydrogen (secondary N) is 2.